The van der Waals surface area contributed by atoms with Crippen molar-refractivity contribution in [3.05, 3.63) is 139 Å². The Morgan fingerprint density at radius 1 is 0.444 bits per heavy atom. The number of rotatable bonds is 2. The number of nitrogens with zero attached hydrogens (tertiary/aromatic N) is 3. The molecule has 3 heterocycles. The fourth-order valence-corrected chi connectivity index (χ4v) is 7.61. The number of hydrogen-bond acceptors (Lipinski definition) is 2. The predicted molar refractivity (Wildman–Crippen MR) is 190 cm³/mol. The normalized spacial score (nSPS) is 12.2. The molecule has 0 bridgehead atoms. The Balaban J connectivity index is 1.16. The summed E-state index contributed by atoms with van der Waals surface area (Å²) in [6.07, 6.45) is 1.93. The zero-order valence-corrected chi connectivity index (χ0v) is 25.0. The van der Waals surface area contributed by atoms with Gasteiger partial charge in [0.15, 0.2) is 0 Å². The molecule has 3 heteroatoms. The van der Waals surface area contributed by atoms with Crippen LogP contribution in [-0.2, 0) is 0 Å². The lowest BCUT2D eigenvalue weighted by Gasteiger charge is -2.11. The third kappa shape index (κ3) is 3.41. The maximum Gasteiger partial charge on any atom is 0.0979 e. The highest BCUT2D eigenvalue weighted by molar-refractivity contribution is 6.24. The summed E-state index contributed by atoms with van der Waals surface area (Å²) in [7, 11) is 0. The second-order valence-corrected chi connectivity index (χ2v) is 12.4. The minimum atomic E-state index is 0.879. The van der Waals surface area contributed by atoms with Crippen LogP contribution >= 0.6 is 0 Å². The highest BCUT2D eigenvalue weighted by Crippen LogP contribution is 2.41. The first-order valence-electron chi connectivity index (χ1n) is 15.5. The van der Waals surface area contributed by atoms with Crippen LogP contribution in [0.2, 0.25) is 0 Å². The lowest BCUT2D eigenvalue weighted by molar-refractivity contribution is 1.31. The summed E-state index contributed by atoms with van der Waals surface area (Å²) in [5.41, 5.74) is 12.6. The van der Waals surface area contributed by atoms with Crippen LogP contribution in [0.5, 0.6) is 0 Å². The van der Waals surface area contributed by atoms with Crippen molar-refractivity contribution in [1.29, 1.82) is 0 Å². The van der Waals surface area contributed by atoms with Gasteiger partial charge in [-0.2, -0.15) is 0 Å². The molecule has 3 aromatic heterocycles. The molecule has 0 aliphatic carbocycles. The quantitative estimate of drug-likeness (QED) is 0.193. The first kappa shape index (κ1) is 24.6. The Bertz CT molecular complexity index is 2800. The molecule has 45 heavy (non-hydrogen) atoms. The van der Waals surface area contributed by atoms with Gasteiger partial charge in [-0.3, -0.25) is 4.98 Å². The fraction of sp³-hybridized carbons (Fsp3) is 0.0476. The van der Waals surface area contributed by atoms with Crippen molar-refractivity contribution >= 4 is 70.7 Å². The maximum atomic E-state index is 5.24. The molecule has 10 aromatic rings. The van der Waals surface area contributed by atoms with E-state index in [-0.39, 0.29) is 0 Å². The number of aromatic nitrogens is 3. The third-order valence-electron chi connectivity index (χ3n) is 9.61. The predicted octanol–water partition coefficient (Wildman–Crippen LogP) is 11.0. The van der Waals surface area contributed by atoms with Crippen LogP contribution in [0, 0.1) is 13.8 Å². The van der Waals surface area contributed by atoms with E-state index in [1.54, 1.807) is 0 Å². The SMILES string of the molecule is Cc1ccc2c(c1)c1cc(C)cc3c4cc(-c5cccc(-c6cnc7c8ccccc8c8ccccc8c7n6)c5)ccc4n2c13. The van der Waals surface area contributed by atoms with Crippen molar-refractivity contribution in [2.24, 2.45) is 0 Å². The average Bonchev–Trinajstić information content (AvgIpc) is 3.58. The van der Waals surface area contributed by atoms with Crippen molar-refractivity contribution in [3.63, 3.8) is 0 Å². The van der Waals surface area contributed by atoms with Crippen LogP contribution in [-0.4, -0.2) is 14.4 Å². The molecule has 0 saturated heterocycles. The van der Waals surface area contributed by atoms with E-state index in [1.165, 1.54) is 71.1 Å². The monoisotopic (exact) mass is 573 g/mol. The molecule has 0 atom stereocenters. The van der Waals surface area contributed by atoms with Gasteiger partial charge in [0, 0.05) is 37.9 Å². The number of aryl methyl sites for hydroxylation is 2. The Kier molecular flexibility index (Phi) is 4.85. The summed E-state index contributed by atoms with van der Waals surface area (Å²) in [6.45, 7) is 4.38. The van der Waals surface area contributed by atoms with E-state index in [2.05, 4.69) is 140 Å². The van der Waals surface area contributed by atoms with Crippen LogP contribution in [0.25, 0.3) is 93.1 Å². The van der Waals surface area contributed by atoms with Gasteiger partial charge in [-0.05, 0) is 83.8 Å². The maximum absolute atomic E-state index is 5.24. The van der Waals surface area contributed by atoms with Gasteiger partial charge in [0.2, 0.25) is 0 Å². The smallest absolute Gasteiger partial charge is 0.0979 e. The summed E-state index contributed by atoms with van der Waals surface area (Å²) in [4.78, 5) is 10.2. The zero-order valence-electron chi connectivity index (χ0n) is 25.0. The molecular formula is C42H27N3. The highest BCUT2D eigenvalue weighted by atomic mass is 14.9. The lowest BCUT2D eigenvalue weighted by Crippen LogP contribution is -1.92. The molecule has 10 rings (SSSR count). The molecule has 0 N–H and O–H groups in total. The summed E-state index contributed by atoms with van der Waals surface area (Å²) in [5.74, 6) is 0. The van der Waals surface area contributed by atoms with Gasteiger partial charge in [0.1, 0.15) is 0 Å². The Hall–Kier alpha value is -5.80. The molecule has 7 aromatic carbocycles. The standard InChI is InChI=1S/C42H27N3/c1-24-14-16-38-33(18-24)35-19-25(2)20-36-34-22-27(15-17-39(34)45(38)42(35)36)26-8-7-9-28(21-26)37-23-43-40-31-12-5-3-10-29(31)30-11-4-6-13-32(30)41(40)44-37/h3-23H,1-2H3. The molecule has 0 spiro atoms. The molecule has 210 valence electrons. The van der Waals surface area contributed by atoms with Crippen molar-refractivity contribution in [2.75, 3.05) is 0 Å². The Morgan fingerprint density at radius 3 is 1.80 bits per heavy atom. The third-order valence-corrected chi connectivity index (χ3v) is 9.61. The van der Waals surface area contributed by atoms with Crippen molar-refractivity contribution < 1.29 is 0 Å². The van der Waals surface area contributed by atoms with Crippen molar-refractivity contribution in [3.8, 4) is 22.4 Å². The van der Waals surface area contributed by atoms with Gasteiger partial charge in [-0.25, -0.2) is 4.98 Å². The van der Waals surface area contributed by atoms with E-state index in [9.17, 15) is 0 Å². The minimum absolute atomic E-state index is 0.879. The number of hydrogen-bond donors (Lipinski definition) is 0. The number of benzene rings is 7. The first-order valence-corrected chi connectivity index (χ1v) is 15.5. The summed E-state index contributed by atoms with van der Waals surface area (Å²) >= 11 is 0. The van der Waals surface area contributed by atoms with Gasteiger partial charge >= 0.3 is 0 Å². The molecule has 0 aliphatic rings. The minimum Gasteiger partial charge on any atom is -0.308 e. The van der Waals surface area contributed by atoms with E-state index in [4.69, 9.17) is 9.97 Å². The Morgan fingerprint density at radius 2 is 1.04 bits per heavy atom. The van der Waals surface area contributed by atoms with Crippen molar-refractivity contribution in [1.82, 2.24) is 14.4 Å². The fourth-order valence-electron chi connectivity index (χ4n) is 7.61. The second kappa shape index (κ2) is 8.87. The summed E-state index contributed by atoms with van der Waals surface area (Å²) in [5, 5.41) is 9.94. The molecule has 0 aliphatic heterocycles. The van der Waals surface area contributed by atoms with Crippen LogP contribution < -0.4 is 0 Å². The molecular weight excluding hydrogens is 546 g/mol. The molecule has 0 fully saturated rings. The Labute approximate surface area is 259 Å². The van der Waals surface area contributed by atoms with Gasteiger partial charge < -0.3 is 4.40 Å². The molecule has 0 saturated carbocycles. The molecule has 0 unspecified atom stereocenters. The van der Waals surface area contributed by atoms with E-state index in [1.807, 2.05) is 6.20 Å². The van der Waals surface area contributed by atoms with Crippen LogP contribution in [0.1, 0.15) is 11.1 Å². The highest BCUT2D eigenvalue weighted by Gasteiger charge is 2.19. The van der Waals surface area contributed by atoms with E-state index >= 15 is 0 Å². The van der Waals surface area contributed by atoms with Gasteiger partial charge in [0.25, 0.3) is 0 Å². The zero-order chi connectivity index (χ0) is 29.8. The van der Waals surface area contributed by atoms with Gasteiger partial charge in [-0.15, -0.1) is 0 Å². The first-order chi connectivity index (χ1) is 22.1. The lowest BCUT2D eigenvalue weighted by atomic mass is 9.98. The summed E-state index contributed by atoms with van der Waals surface area (Å²) in [6, 6.07) is 44.1. The van der Waals surface area contributed by atoms with Gasteiger partial charge in [-0.1, -0.05) is 84.4 Å². The van der Waals surface area contributed by atoms with Crippen LogP contribution in [0.15, 0.2) is 128 Å². The van der Waals surface area contributed by atoms with E-state index in [0.29, 0.717) is 0 Å². The molecule has 0 amide bonds. The molecule has 0 radical (unpaired) electrons. The second-order valence-electron chi connectivity index (χ2n) is 12.4. The average molecular weight is 574 g/mol. The van der Waals surface area contributed by atoms with Crippen LogP contribution in [0.3, 0.4) is 0 Å². The van der Waals surface area contributed by atoms with E-state index in [0.717, 1.165) is 33.1 Å². The largest absolute Gasteiger partial charge is 0.308 e. The summed E-state index contributed by atoms with van der Waals surface area (Å²) < 4.78 is 2.45. The molecule has 3 nitrogen and oxygen atoms in total. The van der Waals surface area contributed by atoms with Gasteiger partial charge in [0.05, 0.1) is 39.5 Å². The van der Waals surface area contributed by atoms with Crippen LogP contribution in [0.4, 0.5) is 0 Å². The van der Waals surface area contributed by atoms with E-state index < -0.39 is 0 Å². The van der Waals surface area contributed by atoms with Crippen molar-refractivity contribution in [2.45, 2.75) is 13.8 Å². The number of fused-ring (bicyclic) bond motifs is 12. The topological polar surface area (TPSA) is 30.2 Å².